The fourth-order valence-electron chi connectivity index (χ4n) is 4.11. The fourth-order valence-corrected chi connectivity index (χ4v) is 4.11. The first-order valence-electron chi connectivity index (χ1n) is 9.23. The van der Waals surface area contributed by atoms with Crippen molar-refractivity contribution in [3.05, 3.63) is 82.1 Å². The number of aryl methyl sites for hydroxylation is 1. The molecule has 0 radical (unpaired) electrons. The van der Waals surface area contributed by atoms with Crippen LogP contribution in [0.5, 0.6) is 0 Å². The number of hydrogen-bond donors (Lipinski definition) is 1. The number of carbonyl (C=O) groups is 1. The summed E-state index contributed by atoms with van der Waals surface area (Å²) in [5.41, 5.74) is 8.27. The van der Waals surface area contributed by atoms with Crippen LogP contribution in [0.25, 0.3) is 10.9 Å². The SMILES string of the molecule is Cl.Cn1c(=O)cc(C(=O)N2C[C@@H](CN)[C@H](c3ccccc3)C2)c2ccccc21. The van der Waals surface area contributed by atoms with Crippen molar-refractivity contribution in [3.8, 4) is 0 Å². The zero-order chi connectivity index (χ0) is 19.0. The second-order valence-electron chi connectivity index (χ2n) is 7.20. The smallest absolute Gasteiger partial charge is 0.254 e. The molecular weight excluding hydrogens is 374 g/mol. The van der Waals surface area contributed by atoms with E-state index in [1.807, 2.05) is 47.4 Å². The molecule has 2 aromatic carbocycles. The molecule has 1 amide bonds. The summed E-state index contributed by atoms with van der Waals surface area (Å²) in [7, 11) is 1.73. The summed E-state index contributed by atoms with van der Waals surface area (Å²) in [6.45, 7) is 1.76. The summed E-state index contributed by atoms with van der Waals surface area (Å²) in [5.74, 6) is 0.341. The van der Waals surface area contributed by atoms with E-state index in [9.17, 15) is 9.59 Å². The van der Waals surface area contributed by atoms with E-state index < -0.39 is 0 Å². The number of hydrogen-bond acceptors (Lipinski definition) is 3. The van der Waals surface area contributed by atoms with E-state index in [0.29, 0.717) is 25.2 Å². The van der Waals surface area contributed by atoms with E-state index in [2.05, 4.69) is 12.1 Å². The number of benzene rings is 2. The number of nitrogens with zero attached hydrogens (tertiary/aromatic N) is 2. The summed E-state index contributed by atoms with van der Waals surface area (Å²) in [4.78, 5) is 27.5. The number of para-hydroxylation sites is 1. The average Bonchev–Trinajstić information content (AvgIpc) is 3.15. The molecule has 2 atom stereocenters. The Morgan fingerprint density at radius 3 is 2.46 bits per heavy atom. The van der Waals surface area contributed by atoms with Crippen LogP contribution < -0.4 is 11.3 Å². The Balaban J connectivity index is 0.00000225. The zero-order valence-corrected chi connectivity index (χ0v) is 16.6. The number of rotatable bonds is 3. The van der Waals surface area contributed by atoms with Gasteiger partial charge in [-0.15, -0.1) is 12.4 Å². The molecular formula is C22H24ClN3O2. The van der Waals surface area contributed by atoms with Gasteiger partial charge in [0.2, 0.25) is 0 Å². The van der Waals surface area contributed by atoms with Crippen molar-refractivity contribution in [1.82, 2.24) is 9.47 Å². The van der Waals surface area contributed by atoms with Crippen molar-refractivity contribution in [2.75, 3.05) is 19.6 Å². The average molecular weight is 398 g/mol. The Morgan fingerprint density at radius 1 is 1.07 bits per heavy atom. The highest BCUT2D eigenvalue weighted by Crippen LogP contribution is 2.33. The quantitative estimate of drug-likeness (QED) is 0.738. The summed E-state index contributed by atoms with van der Waals surface area (Å²) < 4.78 is 1.57. The monoisotopic (exact) mass is 397 g/mol. The molecule has 2 heterocycles. The maximum atomic E-state index is 13.3. The molecule has 2 N–H and O–H groups in total. The summed E-state index contributed by atoms with van der Waals surface area (Å²) in [6.07, 6.45) is 0. The van der Waals surface area contributed by atoms with Gasteiger partial charge in [0, 0.05) is 37.5 Å². The molecule has 5 nitrogen and oxygen atoms in total. The highest BCUT2D eigenvalue weighted by Gasteiger charge is 2.36. The first-order chi connectivity index (χ1) is 13.1. The maximum absolute atomic E-state index is 13.3. The molecule has 1 saturated heterocycles. The predicted octanol–water partition coefficient (Wildman–Crippen LogP) is 2.77. The van der Waals surface area contributed by atoms with Gasteiger partial charge in [-0.05, 0) is 24.1 Å². The molecule has 28 heavy (non-hydrogen) atoms. The lowest BCUT2D eigenvalue weighted by Crippen LogP contribution is -2.31. The van der Waals surface area contributed by atoms with Crippen LogP contribution in [0.1, 0.15) is 21.8 Å². The number of likely N-dealkylation sites (tertiary alicyclic amines) is 1. The van der Waals surface area contributed by atoms with E-state index in [0.717, 1.165) is 10.9 Å². The van der Waals surface area contributed by atoms with Crippen LogP contribution in [-0.4, -0.2) is 35.0 Å². The molecule has 1 aromatic heterocycles. The topological polar surface area (TPSA) is 68.3 Å². The number of nitrogens with two attached hydrogens (primary N) is 1. The Bertz CT molecular complexity index is 1050. The van der Waals surface area contributed by atoms with Crippen LogP contribution in [0.2, 0.25) is 0 Å². The number of pyridine rings is 1. The lowest BCUT2D eigenvalue weighted by Gasteiger charge is -2.18. The van der Waals surface area contributed by atoms with Crippen LogP contribution in [0.4, 0.5) is 0 Å². The minimum atomic E-state index is -0.175. The van der Waals surface area contributed by atoms with Gasteiger partial charge in [-0.25, -0.2) is 0 Å². The number of fused-ring (bicyclic) bond motifs is 1. The van der Waals surface area contributed by atoms with Gasteiger partial charge in [0.1, 0.15) is 0 Å². The minimum absolute atomic E-state index is 0. The second-order valence-corrected chi connectivity index (χ2v) is 7.20. The standard InChI is InChI=1S/C22H23N3O2.ClH/c1-24-20-10-6-5-9-17(20)18(11-21(24)26)22(27)25-13-16(12-23)19(14-25)15-7-3-2-4-8-15;/h2-11,16,19H,12-14,23H2,1H3;1H/t16-,19+;/m1./s1. The Kier molecular flexibility index (Phi) is 5.87. The van der Waals surface area contributed by atoms with Gasteiger partial charge in [0.25, 0.3) is 11.5 Å². The maximum Gasteiger partial charge on any atom is 0.254 e. The van der Waals surface area contributed by atoms with Crippen LogP contribution in [0, 0.1) is 5.92 Å². The summed E-state index contributed by atoms with van der Waals surface area (Å²) in [6, 6.07) is 19.2. The molecule has 1 aliphatic heterocycles. The normalized spacial score (nSPS) is 18.9. The largest absolute Gasteiger partial charge is 0.338 e. The molecule has 0 aliphatic carbocycles. The first-order valence-corrected chi connectivity index (χ1v) is 9.23. The van der Waals surface area contributed by atoms with Crippen molar-refractivity contribution in [2.45, 2.75) is 5.92 Å². The van der Waals surface area contributed by atoms with Crippen LogP contribution in [-0.2, 0) is 7.05 Å². The van der Waals surface area contributed by atoms with E-state index >= 15 is 0 Å². The highest BCUT2D eigenvalue weighted by atomic mass is 35.5. The Hall–Kier alpha value is -2.63. The third-order valence-electron chi connectivity index (χ3n) is 5.64. The van der Waals surface area contributed by atoms with Gasteiger partial charge in [-0.3, -0.25) is 9.59 Å². The van der Waals surface area contributed by atoms with Crippen molar-refractivity contribution in [1.29, 1.82) is 0 Å². The van der Waals surface area contributed by atoms with E-state index in [1.165, 1.54) is 11.6 Å². The highest BCUT2D eigenvalue weighted by molar-refractivity contribution is 6.06. The molecule has 0 spiro atoms. The van der Waals surface area contributed by atoms with E-state index in [1.54, 1.807) is 11.6 Å². The molecule has 146 valence electrons. The third-order valence-corrected chi connectivity index (χ3v) is 5.64. The van der Waals surface area contributed by atoms with Crippen LogP contribution in [0.3, 0.4) is 0 Å². The number of halogens is 1. The summed E-state index contributed by atoms with van der Waals surface area (Å²) in [5, 5.41) is 0.803. The lowest BCUT2D eigenvalue weighted by atomic mass is 9.89. The van der Waals surface area contributed by atoms with Crippen molar-refractivity contribution in [3.63, 3.8) is 0 Å². The van der Waals surface area contributed by atoms with Crippen molar-refractivity contribution in [2.24, 2.45) is 18.7 Å². The van der Waals surface area contributed by atoms with Crippen molar-refractivity contribution >= 4 is 29.2 Å². The minimum Gasteiger partial charge on any atom is -0.338 e. The van der Waals surface area contributed by atoms with Gasteiger partial charge >= 0.3 is 0 Å². The molecule has 6 heteroatoms. The summed E-state index contributed by atoms with van der Waals surface area (Å²) >= 11 is 0. The number of carbonyl (C=O) groups excluding carboxylic acids is 1. The second kappa shape index (κ2) is 8.17. The molecule has 4 rings (SSSR count). The molecule has 1 fully saturated rings. The van der Waals surface area contributed by atoms with Gasteiger partial charge in [-0.1, -0.05) is 48.5 Å². The molecule has 0 bridgehead atoms. The van der Waals surface area contributed by atoms with Crippen molar-refractivity contribution < 1.29 is 4.79 Å². The molecule has 1 aliphatic rings. The molecule has 3 aromatic rings. The van der Waals surface area contributed by atoms with Crippen LogP contribution >= 0.6 is 12.4 Å². The van der Waals surface area contributed by atoms with Gasteiger partial charge in [-0.2, -0.15) is 0 Å². The predicted molar refractivity (Wildman–Crippen MR) is 114 cm³/mol. The third kappa shape index (κ3) is 3.43. The van der Waals surface area contributed by atoms with Gasteiger partial charge < -0.3 is 15.2 Å². The Labute approximate surface area is 170 Å². The zero-order valence-electron chi connectivity index (χ0n) is 15.7. The lowest BCUT2D eigenvalue weighted by molar-refractivity contribution is 0.0788. The Morgan fingerprint density at radius 2 is 1.75 bits per heavy atom. The fraction of sp³-hybridized carbons (Fsp3) is 0.273. The molecule has 0 unspecified atom stereocenters. The number of aromatic nitrogens is 1. The molecule has 0 saturated carbocycles. The first kappa shape index (κ1) is 20.1. The van der Waals surface area contributed by atoms with E-state index in [-0.39, 0.29) is 35.7 Å². The van der Waals surface area contributed by atoms with Crippen LogP contribution in [0.15, 0.2) is 65.5 Å². The van der Waals surface area contributed by atoms with Gasteiger partial charge in [0.15, 0.2) is 0 Å². The van der Waals surface area contributed by atoms with E-state index in [4.69, 9.17) is 5.73 Å². The number of amides is 1. The van der Waals surface area contributed by atoms with Gasteiger partial charge in [0.05, 0.1) is 11.1 Å².